The Morgan fingerprint density at radius 3 is 1.82 bits per heavy atom. The highest BCUT2D eigenvalue weighted by molar-refractivity contribution is 7.26. The van der Waals surface area contributed by atoms with Gasteiger partial charge in [0.2, 0.25) is 0 Å². The standard InChI is InChI=1S/C46H28N2OS/c1-2-12-32-29(11-1)23-28-36-35-16-9-20-41(46(35)49-45(32)36)48(40-19-10-22-43-44(40)37-15-5-8-21-42(37)50-43)31-26-24-30(25-27-31)47-38-17-6-3-13-33(38)34-14-4-7-18-39(34)47/h1-28H. The Kier molecular flexibility index (Phi) is 5.83. The molecule has 0 radical (unpaired) electrons. The number of aromatic nitrogens is 1. The van der Waals surface area contributed by atoms with Crippen molar-refractivity contribution >= 4 is 103 Å². The normalized spacial score (nSPS) is 12.0. The predicted molar refractivity (Wildman–Crippen MR) is 213 cm³/mol. The second-order valence-corrected chi connectivity index (χ2v) is 14.0. The van der Waals surface area contributed by atoms with E-state index in [4.69, 9.17) is 4.42 Å². The van der Waals surface area contributed by atoms with Crippen molar-refractivity contribution in [1.29, 1.82) is 0 Å². The Hall–Kier alpha value is -6.36. The van der Waals surface area contributed by atoms with Crippen LogP contribution in [-0.2, 0) is 0 Å². The molecule has 11 rings (SSSR count). The molecule has 0 bridgehead atoms. The van der Waals surface area contributed by atoms with Crippen molar-refractivity contribution in [2.45, 2.75) is 0 Å². The molecule has 0 spiro atoms. The van der Waals surface area contributed by atoms with Gasteiger partial charge >= 0.3 is 0 Å². The summed E-state index contributed by atoms with van der Waals surface area (Å²) in [5, 5.41) is 9.56. The molecule has 4 heteroatoms. The summed E-state index contributed by atoms with van der Waals surface area (Å²) < 4.78 is 11.9. The summed E-state index contributed by atoms with van der Waals surface area (Å²) in [6.45, 7) is 0. The molecule has 0 saturated carbocycles. The fraction of sp³-hybridized carbons (Fsp3) is 0. The minimum Gasteiger partial charge on any atom is -0.453 e. The molecule has 0 fully saturated rings. The van der Waals surface area contributed by atoms with Gasteiger partial charge in [0, 0.05) is 58.5 Å². The molecule has 0 aliphatic carbocycles. The summed E-state index contributed by atoms with van der Waals surface area (Å²) in [6.07, 6.45) is 0. The van der Waals surface area contributed by atoms with Crippen LogP contribution in [0.25, 0.3) is 80.4 Å². The molecule has 0 atom stereocenters. The number of fused-ring (bicyclic) bond motifs is 11. The zero-order valence-corrected chi connectivity index (χ0v) is 27.7. The Bertz CT molecular complexity index is 3060. The molecule has 3 heterocycles. The Labute approximate surface area is 291 Å². The van der Waals surface area contributed by atoms with Crippen LogP contribution < -0.4 is 4.90 Å². The zero-order valence-electron chi connectivity index (χ0n) is 26.9. The molecule has 0 saturated heterocycles. The van der Waals surface area contributed by atoms with E-state index in [1.54, 1.807) is 0 Å². The molecule has 234 valence electrons. The van der Waals surface area contributed by atoms with Gasteiger partial charge in [0.25, 0.3) is 0 Å². The van der Waals surface area contributed by atoms with E-state index in [1.165, 1.54) is 47.4 Å². The van der Waals surface area contributed by atoms with Crippen LogP contribution in [0.1, 0.15) is 0 Å². The summed E-state index contributed by atoms with van der Waals surface area (Å²) in [5.74, 6) is 0. The minimum atomic E-state index is 0.877. The van der Waals surface area contributed by atoms with Gasteiger partial charge in [0.05, 0.1) is 22.4 Å². The molecule has 0 N–H and O–H groups in total. The summed E-state index contributed by atoms with van der Waals surface area (Å²) in [5.41, 5.74) is 8.53. The van der Waals surface area contributed by atoms with Crippen molar-refractivity contribution in [2.24, 2.45) is 0 Å². The second-order valence-electron chi connectivity index (χ2n) is 12.9. The van der Waals surface area contributed by atoms with Crippen molar-refractivity contribution in [2.75, 3.05) is 4.90 Å². The van der Waals surface area contributed by atoms with E-state index in [-0.39, 0.29) is 0 Å². The molecule has 11 aromatic rings. The first kappa shape index (κ1) is 27.6. The second kappa shape index (κ2) is 10.6. The highest BCUT2D eigenvalue weighted by atomic mass is 32.1. The first-order chi connectivity index (χ1) is 24.8. The van der Waals surface area contributed by atoms with Crippen LogP contribution in [-0.4, -0.2) is 4.57 Å². The first-order valence-electron chi connectivity index (χ1n) is 16.9. The maximum atomic E-state index is 6.94. The molecular weight excluding hydrogens is 629 g/mol. The first-order valence-corrected chi connectivity index (χ1v) is 17.8. The third kappa shape index (κ3) is 3.91. The van der Waals surface area contributed by atoms with Crippen LogP contribution in [0.5, 0.6) is 0 Å². The zero-order chi connectivity index (χ0) is 32.8. The maximum absolute atomic E-state index is 6.94. The number of hydrogen-bond donors (Lipinski definition) is 0. The largest absolute Gasteiger partial charge is 0.453 e. The number of rotatable bonds is 4. The van der Waals surface area contributed by atoms with E-state index >= 15 is 0 Å². The van der Waals surface area contributed by atoms with Crippen molar-refractivity contribution in [1.82, 2.24) is 4.57 Å². The number of nitrogens with zero attached hydrogens (tertiary/aromatic N) is 2. The molecule has 50 heavy (non-hydrogen) atoms. The van der Waals surface area contributed by atoms with Crippen LogP contribution >= 0.6 is 11.3 Å². The highest BCUT2D eigenvalue weighted by Crippen LogP contribution is 2.48. The Morgan fingerprint density at radius 2 is 1.02 bits per heavy atom. The van der Waals surface area contributed by atoms with Crippen LogP contribution in [0.3, 0.4) is 0 Å². The maximum Gasteiger partial charge on any atom is 0.159 e. The van der Waals surface area contributed by atoms with Gasteiger partial charge in [0.1, 0.15) is 5.58 Å². The molecule has 0 unspecified atom stereocenters. The van der Waals surface area contributed by atoms with Crippen molar-refractivity contribution in [3.63, 3.8) is 0 Å². The lowest BCUT2D eigenvalue weighted by atomic mass is 10.0. The predicted octanol–water partition coefficient (Wildman–Crippen LogP) is 13.7. The lowest BCUT2D eigenvalue weighted by Crippen LogP contribution is -2.11. The lowest BCUT2D eigenvalue weighted by molar-refractivity contribution is 0.673. The third-order valence-electron chi connectivity index (χ3n) is 10.2. The quantitative estimate of drug-likeness (QED) is 0.188. The van der Waals surface area contributed by atoms with E-state index in [9.17, 15) is 0 Å². The average Bonchev–Trinajstić information content (AvgIpc) is 3.86. The molecule has 0 aliphatic rings. The number of hydrogen-bond acceptors (Lipinski definition) is 3. The fourth-order valence-electron chi connectivity index (χ4n) is 7.99. The van der Waals surface area contributed by atoms with E-state index in [2.05, 4.69) is 179 Å². The minimum absolute atomic E-state index is 0.877. The summed E-state index contributed by atoms with van der Waals surface area (Å²) in [4.78, 5) is 2.39. The SMILES string of the molecule is c1ccc2c(c1)ccc1c3cccc(N(c4ccc(-n5c6ccccc6c6ccccc65)cc4)c4cccc5sc6ccccc6c45)c3oc21. The van der Waals surface area contributed by atoms with Gasteiger partial charge < -0.3 is 13.9 Å². The van der Waals surface area contributed by atoms with Crippen LogP contribution in [0.4, 0.5) is 17.1 Å². The Morgan fingerprint density at radius 1 is 0.420 bits per heavy atom. The third-order valence-corrected chi connectivity index (χ3v) is 11.3. The number of thiophene rings is 1. The van der Waals surface area contributed by atoms with Crippen molar-refractivity contribution in [3.8, 4) is 5.69 Å². The van der Waals surface area contributed by atoms with Gasteiger partial charge in [-0.2, -0.15) is 0 Å². The van der Waals surface area contributed by atoms with Crippen LogP contribution in [0, 0.1) is 0 Å². The lowest BCUT2D eigenvalue weighted by Gasteiger charge is -2.27. The smallest absolute Gasteiger partial charge is 0.159 e. The Balaban J connectivity index is 1.18. The van der Waals surface area contributed by atoms with E-state index < -0.39 is 0 Å². The van der Waals surface area contributed by atoms with Crippen LogP contribution in [0.15, 0.2) is 174 Å². The van der Waals surface area contributed by atoms with Crippen molar-refractivity contribution < 1.29 is 4.42 Å². The molecule has 0 aliphatic heterocycles. The summed E-state index contributed by atoms with van der Waals surface area (Å²) in [6, 6.07) is 61.2. The monoisotopic (exact) mass is 656 g/mol. The topological polar surface area (TPSA) is 21.3 Å². The van der Waals surface area contributed by atoms with Gasteiger partial charge in [0.15, 0.2) is 5.58 Å². The molecule has 3 nitrogen and oxygen atoms in total. The molecular formula is C46H28N2OS. The van der Waals surface area contributed by atoms with Gasteiger partial charge in [-0.25, -0.2) is 0 Å². The number of anilines is 3. The summed E-state index contributed by atoms with van der Waals surface area (Å²) in [7, 11) is 0. The number of benzene rings is 8. The van der Waals surface area contributed by atoms with E-state index in [0.29, 0.717) is 0 Å². The van der Waals surface area contributed by atoms with Gasteiger partial charge in [-0.15, -0.1) is 11.3 Å². The fourth-order valence-corrected chi connectivity index (χ4v) is 9.12. The molecule has 8 aromatic carbocycles. The van der Waals surface area contributed by atoms with Crippen molar-refractivity contribution in [3.05, 3.63) is 170 Å². The van der Waals surface area contributed by atoms with Crippen LogP contribution in [0.2, 0.25) is 0 Å². The van der Waals surface area contributed by atoms with Gasteiger partial charge in [-0.3, -0.25) is 0 Å². The highest BCUT2D eigenvalue weighted by Gasteiger charge is 2.23. The van der Waals surface area contributed by atoms with Gasteiger partial charge in [-0.05, 0) is 72.1 Å². The number of para-hydroxylation sites is 3. The van der Waals surface area contributed by atoms with E-state index in [0.717, 1.165) is 50.1 Å². The molecule has 3 aromatic heterocycles. The average molecular weight is 657 g/mol. The summed E-state index contributed by atoms with van der Waals surface area (Å²) >= 11 is 1.84. The van der Waals surface area contributed by atoms with Gasteiger partial charge in [-0.1, -0.05) is 103 Å². The number of furan rings is 1. The van der Waals surface area contributed by atoms with E-state index in [1.807, 2.05) is 11.3 Å². The molecule has 0 amide bonds.